The molecule has 33 heavy (non-hydrogen) atoms. The largest absolute Gasteiger partial charge is 0.346 e. The fraction of sp³-hybridized carbons (Fsp3) is 0.385. The van der Waals surface area contributed by atoms with Crippen molar-refractivity contribution in [1.82, 2.24) is 25.2 Å². The molecule has 0 spiro atoms. The molecule has 1 aromatic carbocycles. The van der Waals surface area contributed by atoms with Crippen molar-refractivity contribution >= 4 is 11.8 Å². The maximum Gasteiger partial charge on any atom is 0.270 e. The summed E-state index contributed by atoms with van der Waals surface area (Å²) in [6.07, 6.45) is 11.1. The molecule has 2 N–H and O–H groups in total. The number of amides is 2. The lowest BCUT2D eigenvalue weighted by Gasteiger charge is -2.62. The van der Waals surface area contributed by atoms with Crippen LogP contribution in [0.1, 0.15) is 59.4 Å². The number of hydrogen-bond acceptors (Lipinski definition) is 4. The third-order valence-corrected chi connectivity index (χ3v) is 7.59. The molecule has 2 amide bonds. The summed E-state index contributed by atoms with van der Waals surface area (Å²) in [6, 6.07) is 14.9. The van der Waals surface area contributed by atoms with Gasteiger partial charge >= 0.3 is 0 Å². The van der Waals surface area contributed by atoms with E-state index >= 15 is 0 Å². The number of aromatic nitrogens is 3. The van der Waals surface area contributed by atoms with E-state index in [1.54, 1.807) is 23.2 Å². The first-order valence-corrected chi connectivity index (χ1v) is 11.7. The maximum absolute atomic E-state index is 13.3. The predicted octanol–water partition coefficient (Wildman–Crippen LogP) is 3.52. The molecule has 4 aliphatic rings. The van der Waals surface area contributed by atoms with Crippen molar-refractivity contribution in [3.8, 4) is 5.82 Å². The van der Waals surface area contributed by atoms with E-state index in [2.05, 4.69) is 20.6 Å². The molecule has 7 nitrogen and oxygen atoms in total. The zero-order valence-electron chi connectivity index (χ0n) is 18.4. The molecule has 4 aliphatic carbocycles. The fourth-order valence-electron chi connectivity index (χ4n) is 6.85. The molecule has 2 heterocycles. The molecular formula is C26H27N5O2. The molecule has 4 saturated carbocycles. The molecular weight excluding hydrogens is 414 g/mol. The number of pyridine rings is 1. The highest BCUT2D eigenvalue weighted by atomic mass is 16.2. The van der Waals surface area contributed by atoms with Crippen LogP contribution in [-0.4, -0.2) is 37.4 Å². The molecule has 2 aromatic heterocycles. The summed E-state index contributed by atoms with van der Waals surface area (Å²) in [5.41, 5.74) is 0.542. The Morgan fingerprint density at radius 2 is 1.58 bits per heavy atom. The van der Waals surface area contributed by atoms with Crippen molar-refractivity contribution in [2.24, 2.45) is 11.8 Å². The first-order valence-electron chi connectivity index (χ1n) is 11.7. The number of imidazole rings is 1. The van der Waals surface area contributed by atoms with Crippen molar-refractivity contribution in [2.75, 3.05) is 0 Å². The second-order valence-corrected chi connectivity index (χ2v) is 10.1. The van der Waals surface area contributed by atoms with Gasteiger partial charge in [-0.15, -0.1) is 0 Å². The molecule has 2 unspecified atom stereocenters. The number of nitrogens with zero attached hydrogens (tertiary/aromatic N) is 3. The predicted molar refractivity (Wildman–Crippen MR) is 123 cm³/mol. The van der Waals surface area contributed by atoms with E-state index < -0.39 is 0 Å². The Labute approximate surface area is 192 Å². The van der Waals surface area contributed by atoms with Crippen LogP contribution in [-0.2, 0) is 0 Å². The second kappa shape index (κ2) is 7.54. The van der Waals surface area contributed by atoms with Gasteiger partial charge in [-0.25, -0.2) is 9.97 Å². The Balaban J connectivity index is 1.23. The standard InChI is InChI=1S/C26H27N5O2/c32-23(20-5-2-1-3-6-20)29-25-12-18-11-19(13-25)15-26(14-18,16-25)30-24(33)21-7-4-8-22(28-21)31-10-9-27-17-31/h1-10,17-19H,11-16H2,(H,29,32)(H,30,33). The van der Waals surface area contributed by atoms with Gasteiger partial charge in [0.25, 0.3) is 11.8 Å². The highest BCUT2D eigenvalue weighted by molar-refractivity contribution is 5.95. The van der Waals surface area contributed by atoms with Gasteiger partial charge in [0.1, 0.15) is 17.8 Å². The average Bonchev–Trinajstić information content (AvgIpc) is 3.33. The molecule has 7 rings (SSSR count). The van der Waals surface area contributed by atoms with Crippen LogP contribution >= 0.6 is 0 Å². The molecule has 7 heteroatoms. The first kappa shape index (κ1) is 20.1. The summed E-state index contributed by atoms with van der Waals surface area (Å²) in [4.78, 5) is 34.9. The minimum Gasteiger partial charge on any atom is -0.346 e. The van der Waals surface area contributed by atoms with Crippen molar-refractivity contribution in [1.29, 1.82) is 0 Å². The lowest BCUT2D eigenvalue weighted by atomic mass is 9.49. The minimum absolute atomic E-state index is 0.0197. The summed E-state index contributed by atoms with van der Waals surface area (Å²) in [6.45, 7) is 0. The van der Waals surface area contributed by atoms with Gasteiger partial charge in [0.05, 0.1) is 0 Å². The maximum atomic E-state index is 13.3. The molecule has 0 saturated heterocycles. The summed E-state index contributed by atoms with van der Waals surface area (Å²) in [5, 5.41) is 6.76. The normalized spacial score (nSPS) is 29.6. The van der Waals surface area contributed by atoms with Crippen LogP contribution in [0.25, 0.3) is 5.82 Å². The SMILES string of the molecule is O=C(NC12CC3CC(C1)CC(NC(=O)c1cccc(-n4ccnc4)n1)(C3)C2)c1ccccc1. The van der Waals surface area contributed by atoms with E-state index in [4.69, 9.17) is 0 Å². The Bertz CT molecular complexity index is 1180. The number of nitrogens with one attached hydrogen (secondary N) is 2. The van der Waals surface area contributed by atoms with E-state index in [0.29, 0.717) is 28.9 Å². The third kappa shape index (κ3) is 3.71. The van der Waals surface area contributed by atoms with Gasteiger partial charge in [-0.05, 0) is 74.6 Å². The van der Waals surface area contributed by atoms with E-state index in [9.17, 15) is 9.59 Å². The Morgan fingerprint density at radius 1 is 0.879 bits per heavy atom. The van der Waals surface area contributed by atoms with Crippen molar-refractivity contribution in [2.45, 2.75) is 49.6 Å². The topological polar surface area (TPSA) is 88.9 Å². The van der Waals surface area contributed by atoms with Crippen LogP contribution < -0.4 is 10.6 Å². The van der Waals surface area contributed by atoms with Crippen LogP contribution in [0.5, 0.6) is 0 Å². The lowest BCUT2D eigenvalue weighted by Crippen LogP contribution is -2.69. The van der Waals surface area contributed by atoms with Crippen LogP contribution in [0, 0.1) is 11.8 Å². The smallest absolute Gasteiger partial charge is 0.270 e. The summed E-state index contributed by atoms with van der Waals surface area (Å²) in [5.74, 6) is 1.54. The van der Waals surface area contributed by atoms with Crippen LogP contribution in [0.4, 0.5) is 0 Å². The molecule has 168 valence electrons. The zero-order valence-corrected chi connectivity index (χ0v) is 18.4. The molecule has 3 aromatic rings. The highest BCUT2D eigenvalue weighted by Gasteiger charge is 2.58. The monoisotopic (exact) mass is 441 g/mol. The van der Waals surface area contributed by atoms with Crippen molar-refractivity contribution in [3.63, 3.8) is 0 Å². The Morgan fingerprint density at radius 3 is 2.24 bits per heavy atom. The van der Waals surface area contributed by atoms with Gasteiger partial charge in [-0.2, -0.15) is 0 Å². The van der Waals surface area contributed by atoms with Gasteiger partial charge in [0.15, 0.2) is 0 Å². The van der Waals surface area contributed by atoms with Crippen molar-refractivity contribution in [3.05, 3.63) is 78.5 Å². The molecule has 0 radical (unpaired) electrons. The number of benzene rings is 1. The Kier molecular flexibility index (Phi) is 4.60. The van der Waals surface area contributed by atoms with E-state index in [1.165, 1.54) is 6.42 Å². The number of rotatable bonds is 5. The van der Waals surface area contributed by atoms with Crippen LogP contribution in [0.3, 0.4) is 0 Å². The van der Waals surface area contributed by atoms with Gasteiger partial charge in [-0.3, -0.25) is 14.2 Å². The average molecular weight is 442 g/mol. The van der Waals surface area contributed by atoms with E-state index in [1.807, 2.05) is 48.7 Å². The quantitative estimate of drug-likeness (QED) is 0.634. The molecule has 4 fully saturated rings. The van der Waals surface area contributed by atoms with Gasteiger partial charge in [-0.1, -0.05) is 24.3 Å². The van der Waals surface area contributed by atoms with E-state index in [0.717, 1.165) is 32.1 Å². The van der Waals surface area contributed by atoms with Crippen LogP contribution in [0.2, 0.25) is 0 Å². The molecule has 4 bridgehead atoms. The molecule has 2 atom stereocenters. The minimum atomic E-state index is -0.294. The van der Waals surface area contributed by atoms with Crippen LogP contribution in [0.15, 0.2) is 67.3 Å². The van der Waals surface area contributed by atoms with E-state index in [-0.39, 0.29) is 22.9 Å². The van der Waals surface area contributed by atoms with Gasteiger partial charge in [0, 0.05) is 29.0 Å². The third-order valence-electron chi connectivity index (χ3n) is 7.59. The number of carbonyl (C=O) groups is 2. The summed E-state index contributed by atoms with van der Waals surface area (Å²) in [7, 11) is 0. The molecule has 0 aliphatic heterocycles. The summed E-state index contributed by atoms with van der Waals surface area (Å²) < 4.78 is 1.79. The number of carbonyl (C=O) groups excluding carboxylic acids is 2. The fourth-order valence-corrected chi connectivity index (χ4v) is 6.85. The first-order chi connectivity index (χ1) is 16.0. The Hall–Kier alpha value is -3.48. The lowest BCUT2D eigenvalue weighted by molar-refractivity contribution is -0.0448. The summed E-state index contributed by atoms with van der Waals surface area (Å²) >= 11 is 0. The second-order valence-electron chi connectivity index (χ2n) is 10.1. The highest BCUT2D eigenvalue weighted by Crippen LogP contribution is 2.57. The van der Waals surface area contributed by atoms with Crippen molar-refractivity contribution < 1.29 is 9.59 Å². The number of hydrogen-bond donors (Lipinski definition) is 2. The zero-order chi connectivity index (χ0) is 22.5. The van der Waals surface area contributed by atoms with Gasteiger partial charge < -0.3 is 10.6 Å². The van der Waals surface area contributed by atoms with Gasteiger partial charge in [0.2, 0.25) is 0 Å².